The van der Waals surface area contributed by atoms with Crippen LogP contribution >= 0.6 is 24.8 Å². The van der Waals surface area contributed by atoms with Crippen LogP contribution in [0.15, 0.2) is 36.4 Å². The normalized spacial score (nSPS) is 17.0. The summed E-state index contributed by atoms with van der Waals surface area (Å²) in [6.07, 6.45) is 0. The van der Waals surface area contributed by atoms with Crippen LogP contribution in [-0.4, -0.2) is 108 Å². The van der Waals surface area contributed by atoms with Crippen molar-refractivity contribution in [2.75, 3.05) is 71.0 Å². The summed E-state index contributed by atoms with van der Waals surface area (Å²) < 4.78 is 11.5. The molecule has 3 aliphatic rings. The molecule has 0 spiro atoms. The van der Waals surface area contributed by atoms with Gasteiger partial charge >= 0.3 is 6.03 Å². The van der Waals surface area contributed by atoms with Gasteiger partial charge in [0.15, 0.2) is 5.78 Å². The molecule has 2 fully saturated rings. The molecule has 1 aliphatic carbocycles. The van der Waals surface area contributed by atoms with Gasteiger partial charge in [0.2, 0.25) is 0 Å². The SMILES string of the molecule is Cc1cc(-c2n[nH]c3c2C(=O)c2c(NC(=O)NN4CCOCC4)cccc2-3)ccc1OCCN1CCN(C(C)C)CC1.Cl.Cl. The van der Waals surface area contributed by atoms with Gasteiger partial charge in [-0.05, 0) is 50.6 Å². The maximum absolute atomic E-state index is 13.7. The third kappa shape index (κ3) is 7.03. The molecule has 0 radical (unpaired) electrons. The van der Waals surface area contributed by atoms with Gasteiger partial charge in [0.25, 0.3) is 0 Å². The fourth-order valence-electron chi connectivity index (χ4n) is 5.92. The first-order valence-corrected chi connectivity index (χ1v) is 14.8. The number of carbonyl (C=O) groups is 2. The molecule has 2 aromatic carbocycles. The number of ether oxygens (including phenoxy) is 2. The van der Waals surface area contributed by atoms with E-state index in [1.54, 1.807) is 11.1 Å². The van der Waals surface area contributed by atoms with Crippen LogP contribution in [0.4, 0.5) is 10.5 Å². The van der Waals surface area contributed by atoms with Gasteiger partial charge in [0.1, 0.15) is 18.1 Å². The zero-order chi connectivity index (χ0) is 29.2. The fraction of sp³-hybridized carbons (Fsp3) is 0.452. The summed E-state index contributed by atoms with van der Waals surface area (Å²) in [5.74, 6) is 0.667. The Morgan fingerprint density at radius 2 is 1.80 bits per heavy atom. The van der Waals surface area contributed by atoms with Crippen LogP contribution in [-0.2, 0) is 4.74 Å². The lowest BCUT2D eigenvalue weighted by Crippen LogP contribution is -2.49. The van der Waals surface area contributed by atoms with Crippen LogP contribution in [0.3, 0.4) is 0 Å². The van der Waals surface area contributed by atoms with Crippen LogP contribution in [0, 0.1) is 6.92 Å². The van der Waals surface area contributed by atoms with E-state index in [1.165, 1.54) is 0 Å². The summed E-state index contributed by atoms with van der Waals surface area (Å²) in [6.45, 7) is 14.7. The Morgan fingerprint density at radius 1 is 1.05 bits per heavy atom. The summed E-state index contributed by atoms with van der Waals surface area (Å²) in [6, 6.07) is 11.6. The highest BCUT2D eigenvalue weighted by molar-refractivity contribution is 6.26. The number of ketones is 1. The van der Waals surface area contributed by atoms with E-state index in [2.05, 4.69) is 44.6 Å². The maximum Gasteiger partial charge on any atom is 0.333 e. The number of nitrogens with one attached hydrogen (secondary N) is 3. The Morgan fingerprint density at radius 3 is 2.50 bits per heavy atom. The molecule has 0 atom stereocenters. The summed E-state index contributed by atoms with van der Waals surface area (Å²) in [5, 5.41) is 12.3. The molecule has 13 heteroatoms. The minimum absolute atomic E-state index is 0. The highest BCUT2D eigenvalue weighted by atomic mass is 35.5. The highest BCUT2D eigenvalue weighted by Gasteiger charge is 2.35. The van der Waals surface area contributed by atoms with Gasteiger partial charge in [-0.2, -0.15) is 5.10 Å². The Hall–Kier alpha value is -3.19. The highest BCUT2D eigenvalue weighted by Crippen LogP contribution is 2.43. The number of halogens is 2. The number of piperazine rings is 1. The van der Waals surface area contributed by atoms with Crippen molar-refractivity contribution in [2.45, 2.75) is 26.8 Å². The number of morpholine rings is 1. The van der Waals surface area contributed by atoms with E-state index in [9.17, 15) is 9.59 Å². The van der Waals surface area contributed by atoms with Crippen LogP contribution in [0.5, 0.6) is 5.75 Å². The zero-order valence-corrected chi connectivity index (χ0v) is 27.0. The molecule has 238 valence electrons. The first-order valence-electron chi connectivity index (χ1n) is 14.8. The molecule has 6 rings (SSSR count). The molecular formula is C31H41Cl2N7O4. The molecule has 3 aromatic rings. The second-order valence-corrected chi connectivity index (χ2v) is 11.3. The molecule has 2 aliphatic heterocycles. The minimum Gasteiger partial charge on any atom is -0.492 e. The smallest absolute Gasteiger partial charge is 0.333 e. The number of nitrogens with zero attached hydrogens (tertiary/aromatic N) is 4. The van der Waals surface area contributed by atoms with Crippen molar-refractivity contribution in [1.29, 1.82) is 0 Å². The van der Waals surface area contributed by atoms with Gasteiger partial charge in [-0.3, -0.25) is 25.1 Å². The number of aromatic nitrogens is 2. The van der Waals surface area contributed by atoms with Crippen molar-refractivity contribution in [2.24, 2.45) is 0 Å². The number of H-pyrrole nitrogens is 1. The molecule has 3 heterocycles. The van der Waals surface area contributed by atoms with Crippen molar-refractivity contribution in [3.05, 3.63) is 53.1 Å². The molecule has 1 aromatic heterocycles. The number of benzene rings is 2. The number of hydrogen-bond donors (Lipinski definition) is 3. The van der Waals surface area contributed by atoms with Crippen molar-refractivity contribution in [1.82, 2.24) is 30.4 Å². The van der Waals surface area contributed by atoms with E-state index in [1.807, 2.05) is 37.3 Å². The van der Waals surface area contributed by atoms with E-state index in [-0.39, 0.29) is 30.6 Å². The molecular weight excluding hydrogens is 605 g/mol. The summed E-state index contributed by atoms with van der Waals surface area (Å²) in [4.78, 5) is 31.4. The molecule has 0 unspecified atom stereocenters. The molecule has 0 saturated carbocycles. The zero-order valence-electron chi connectivity index (χ0n) is 25.4. The lowest BCUT2D eigenvalue weighted by Gasteiger charge is -2.36. The molecule has 11 nitrogen and oxygen atoms in total. The summed E-state index contributed by atoms with van der Waals surface area (Å²) in [5.41, 5.74) is 8.07. The van der Waals surface area contributed by atoms with E-state index in [4.69, 9.17) is 9.47 Å². The number of fused-ring (bicyclic) bond motifs is 3. The number of carbonyl (C=O) groups excluding carboxylic acids is 2. The largest absolute Gasteiger partial charge is 0.492 e. The van der Waals surface area contributed by atoms with Crippen molar-refractivity contribution in [3.63, 3.8) is 0 Å². The molecule has 3 N–H and O–H groups in total. The standard InChI is InChI=1S/C31H39N7O4.2ClH/c1-20(2)37-11-9-36(10-12-37)13-18-42-25-8-7-22(19-21(25)3)28-27-29(34-33-28)23-5-4-6-24(26(23)30(27)39)32-31(40)35-38-14-16-41-17-15-38;;/h4-8,19-20H,9-18H2,1-3H3,(H,33,34)(H2,32,35,40);2*1H. The van der Waals surface area contributed by atoms with Crippen molar-refractivity contribution in [3.8, 4) is 28.3 Å². The fourth-order valence-corrected chi connectivity index (χ4v) is 5.92. The second kappa shape index (κ2) is 14.7. The topological polar surface area (TPSA) is 115 Å². The Labute approximate surface area is 270 Å². The van der Waals surface area contributed by atoms with Crippen LogP contribution in [0.25, 0.3) is 22.5 Å². The number of hydrogen-bond acceptors (Lipinski definition) is 8. The number of amides is 2. The van der Waals surface area contributed by atoms with Gasteiger partial charge in [-0.15, -0.1) is 24.8 Å². The lowest BCUT2D eigenvalue weighted by atomic mass is 10.0. The first kappa shape index (κ1) is 33.7. The van der Waals surface area contributed by atoms with Crippen molar-refractivity contribution < 1.29 is 19.1 Å². The third-order valence-electron chi connectivity index (χ3n) is 8.32. The lowest BCUT2D eigenvalue weighted by molar-refractivity contribution is 0.0207. The Kier molecular flexibility index (Phi) is 11.3. The monoisotopic (exact) mass is 645 g/mol. The van der Waals surface area contributed by atoms with Gasteiger partial charge in [-0.1, -0.05) is 12.1 Å². The average molecular weight is 647 g/mol. The van der Waals surface area contributed by atoms with E-state index < -0.39 is 6.03 Å². The maximum atomic E-state index is 13.7. The average Bonchev–Trinajstić information content (AvgIpc) is 3.55. The first-order chi connectivity index (χ1) is 20.4. The number of aromatic amines is 1. The predicted octanol–water partition coefficient (Wildman–Crippen LogP) is 4.21. The number of urea groups is 1. The third-order valence-corrected chi connectivity index (χ3v) is 8.32. The van der Waals surface area contributed by atoms with Gasteiger partial charge in [0, 0.05) is 63.0 Å². The molecule has 2 saturated heterocycles. The minimum atomic E-state index is -0.393. The molecule has 2 amide bonds. The quantitative estimate of drug-likeness (QED) is 0.261. The second-order valence-electron chi connectivity index (χ2n) is 11.3. The summed E-state index contributed by atoms with van der Waals surface area (Å²) in [7, 11) is 0. The van der Waals surface area contributed by atoms with Gasteiger partial charge < -0.3 is 14.8 Å². The number of anilines is 1. The predicted molar refractivity (Wildman–Crippen MR) is 175 cm³/mol. The number of rotatable bonds is 8. The van der Waals surface area contributed by atoms with Crippen LogP contribution in [0.2, 0.25) is 0 Å². The van der Waals surface area contributed by atoms with Crippen molar-refractivity contribution >= 4 is 42.3 Å². The molecule has 0 bridgehead atoms. The van der Waals surface area contributed by atoms with Crippen LogP contribution in [0.1, 0.15) is 35.3 Å². The Balaban J connectivity index is 0.00000221. The van der Waals surface area contributed by atoms with Gasteiger partial charge in [0.05, 0.1) is 35.7 Å². The summed E-state index contributed by atoms with van der Waals surface area (Å²) >= 11 is 0. The van der Waals surface area contributed by atoms with E-state index in [0.717, 1.165) is 55.2 Å². The number of hydrazine groups is 1. The van der Waals surface area contributed by atoms with E-state index in [0.29, 0.717) is 67.2 Å². The van der Waals surface area contributed by atoms with Crippen LogP contribution < -0.4 is 15.5 Å². The van der Waals surface area contributed by atoms with E-state index >= 15 is 0 Å². The molecule has 44 heavy (non-hydrogen) atoms. The number of aryl methyl sites for hydroxylation is 1. The Bertz CT molecular complexity index is 1470. The van der Waals surface area contributed by atoms with Gasteiger partial charge in [-0.25, -0.2) is 9.80 Å².